The number of amides is 1. The molecule has 0 aromatic heterocycles. The number of allylic oxidation sites excluding steroid dienone is 1. The van der Waals surface area contributed by atoms with E-state index < -0.39 is 5.82 Å². The lowest BCUT2D eigenvalue weighted by Gasteiger charge is -2.17. The molecular formula is C13H16FNOS. The maximum Gasteiger partial charge on any atom is 0.256 e. The molecule has 0 saturated carbocycles. The Labute approximate surface area is 107 Å². The fraction of sp³-hybridized carbons (Fsp3) is 0.308. The van der Waals surface area contributed by atoms with Gasteiger partial charge < -0.3 is 4.90 Å². The van der Waals surface area contributed by atoms with Crippen LogP contribution in [-0.4, -0.2) is 24.4 Å². The third-order valence-corrected chi connectivity index (χ3v) is 2.71. The van der Waals surface area contributed by atoms with Crippen LogP contribution in [0.25, 0.3) is 0 Å². The van der Waals surface area contributed by atoms with Crippen molar-refractivity contribution < 1.29 is 9.18 Å². The minimum Gasteiger partial charge on any atom is -0.342 e. The van der Waals surface area contributed by atoms with Gasteiger partial charge in [0.2, 0.25) is 0 Å². The van der Waals surface area contributed by atoms with Crippen molar-refractivity contribution in [1.29, 1.82) is 0 Å². The van der Waals surface area contributed by atoms with Crippen molar-refractivity contribution in [3.05, 3.63) is 42.2 Å². The second-order valence-electron chi connectivity index (χ2n) is 3.82. The molecule has 0 saturated heterocycles. The third-order valence-electron chi connectivity index (χ3n) is 2.43. The number of hydrogen-bond acceptors (Lipinski definition) is 2. The first-order valence-electron chi connectivity index (χ1n) is 5.41. The van der Waals surface area contributed by atoms with Crippen molar-refractivity contribution in [3.63, 3.8) is 0 Å². The summed E-state index contributed by atoms with van der Waals surface area (Å²) in [5, 5.41) is 0. The smallest absolute Gasteiger partial charge is 0.256 e. The number of benzene rings is 1. The van der Waals surface area contributed by atoms with Crippen molar-refractivity contribution in [3.8, 4) is 0 Å². The first-order valence-corrected chi connectivity index (χ1v) is 5.86. The molecule has 0 unspecified atom stereocenters. The van der Waals surface area contributed by atoms with E-state index >= 15 is 0 Å². The number of carbonyl (C=O) groups is 1. The van der Waals surface area contributed by atoms with E-state index in [9.17, 15) is 9.18 Å². The number of halogens is 1. The number of thiol groups is 1. The van der Waals surface area contributed by atoms with Crippen molar-refractivity contribution in [2.45, 2.75) is 17.7 Å². The van der Waals surface area contributed by atoms with E-state index in [2.05, 4.69) is 19.2 Å². The summed E-state index contributed by atoms with van der Waals surface area (Å²) >= 11 is 4.10. The highest BCUT2D eigenvalue weighted by Crippen LogP contribution is 2.15. The van der Waals surface area contributed by atoms with E-state index in [0.29, 0.717) is 11.4 Å². The summed E-state index contributed by atoms with van der Waals surface area (Å²) in [6.07, 6.45) is 3.47. The number of rotatable bonds is 5. The zero-order valence-electron chi connectivity index (χ0n) is 9.82. The molecule has 0 aliphatic heterocycles. The first kappa shape index (κ1) is 13.8. The van der Waals surface area contributed by atoms with E-state index in [1.807, 2.05) is 0 Å². The summed E-state index contributed by atoms with van der Waals surface area (Å²) in [5.41, 5.74) is 0.0682. The highest BCUT2D eigenvalue weighted by atomic mass is 32.1. The van der Waals surface area contributed by atoms with Gasteiger partial charge >= 0.3 is 0 Å². The molecule has 0 spiro atoms. The van der Waals surface area contributed by atoms with Gasteiger partial charge in [-0.3, -0.25) is 4.79 Å². The zero-order chi connectivity index (χ0) is 12.8. The van der Waals surface area contributed by atoms with Gasteiger partial charge in [0.1, 0.15) is 5.82 Å². The predicted molar refractivity (Wildman–Crippen MR) is 70.0 cm³/mol. The van der Waals surface area contributed by atoms with Gasteiger partial charge in [-0.25, -0.2) is 4.39 Å². The normalized spacial score (nSPS) is 10.1. The van der Waals surface area contributed by atoms with Crippen LogP contribution >= 0.6 is 12.6 Å². The maximum atomic E-state index is 13.5. The second-order valence-corrected chi connectivity index (χ2v) is 4.34. The molecule has 92 valence electrons. The highest BCUT2D eigenvalue weighted by molar-refractivity contribution is 7.80. The molecule has 2 nitrogen and oxygen atoms in total. The van der Waals surface area contributed by atoms with E-state index in [4.69, 9.17) is 0 Å². The molecule has 0 aliphatic carbocycles. The largest absolute Gasteiger partial charge is 0.342 e. The van der Waals surface area contributed by atoms with Crippen molar-refractivity contribution in [1.82, 2.24) is 4.90 Å². The van der Waals surface area contributed by atoms with Crippen molar-refractivity contribution in [2.75, 3.05) is 13.6 Å². The molecule has 0 bridgehead atoms. The molecule has 17 heavy (non-hydrogen) atoms. The number of carbonyl (C=O) groups excluding carboxylic acids is 1. The summed E-state index contributed by atoms with van der Waals surface area (Å²) in [6, 6.07) is 4.23. The zero-order valence-corrected chi connectivity index (χ0v) is 10.7. The summed E-state index contributed by atoms with van der Waals surface area (Å²) in [4.78, 5) is 14.0. The van der Waals surface area contributed by atoms with E-state index in [0.717, 1.165) is 12.8 Å². The van der Waals surface area contributed by atoms with Gasteiger partial charge in [0.15, 0.2) is 0 Å². The van der Waals surface area contributed by atoms with E-state index in [-0.39, 0.29) is 11.5 Å². The van der Waals surface area contributed by atoms with E-state index in [1.165, 1.54) is 23.1 Å². The molecule has 0 aliphatic rings. The summed E-state index contributed by atoms with van der Waals surface area (Å²) in [7, 11) is 1.66. The fourth-order valence-electron chi connectivity index (χ4n) is 1.46. The maximum absolute atomic E-state index is 13.5. The molecule has 1 rings (SSSR count). The van der Waals surface area contributed by atoms with Gasteiger partial charge in [0.05, 0.1) is 5.56 Å². The Bertz CT molecular complexity index is 420. The Kier molecular flexibility index (Phi) is 5.22. The molecular weight excluding hydrogens is 237 g/mol. The number of nitrogens with zero attached hydrogens (tertiary/aromatic N) is 1. The van der Waals surface area contributed by atoms with Gasteiger partial charge in [-0.2, -0.15) is 0 Å². The molecule has 1 aromatic carbocycles. The lowest BCUT2D eigenvalue weighted by molar-refractivity contribution is 0.0789. The van der Waals surface area contributed by atoms with Gasteiger partial charge in [0, 0.05) is 18.5 Å². The van der Waals surface area contributed by atoms with Crippen LogP contribution in [0.2, 0.25) is 0 Å². The molecule has 0 radical (unpaired) electrons. The van der Waals surface area contributed by atoms with E-state index in [1.54, 1.807) is 13.1 Å². The minimum atomic E-state index is -0.511. The predicted octanol–water partition coefficient (Wildman–Crippen LogP) is 3.15. The molecule has 1 aromatic rings. The van der Waals surface area contributed by atoms with Crippen molar-refractivity contribution in [2.24, 2.45) is 0 Å². The second kappa shape index (κ2) is 6.45. The van der Waals surface area contributed by atoms with Gasteiger partial charge in [-0.05, 0) is 31.0 Å². The minimum absolute atomic E-state index is 0.0682. The molecule has 0 atom stereocenters. The van der Waals surface area contributed by atoms with Crippen LogP contribution in [0.15, 0.2) is 35.7 Å². The summed E-state index contributed by atoms with van der Waals surface area (Å²) in [5.74, 6) is -0.828. The van der Waals surface area contributed by atoms with Crippen LogP contribution in [0.3, 0.4) is 0 Å². The third kappa shape index (κ3) is 3.89. The standard InChI is InChI=1S/C13H16FNOS/c1-3-4-5-8-15(2)13(16)11-9-10(17)6-7-12(11)14/h3,6-7,9,17H,1,4-5,8H2,2H3. The van der Waals surface area contributed by atoms with Crippen LogP contribution in [-0.2, 0) is 0 Å². The van der Waals surface area contributed by atoms with Crippen LogP contribution in [0.1, 0.15) is 23.2 Å². The molecule has 0 N–H and O–H groups in total. The summed E-state index contributed by atoms with van der Waals surface area (Å²) < 4.78 is 13.5. The highest BCUT2D eigenvalue weighted by Gasteiger charge is 2.15. The number of unbranched alkanes of at least 4 members (excludes halogenated alkanes) is 1. The Morgan fingerprint density at radius 3 is 2.94 bits per heavy atom. The topological polar surface area (TPSA) is 20.3 Å². The molecule has 0 fully saturated rings. The van der Waals surface area contributed by atoms with Crippen molar-refractivity contribution >= 4 is 18.5 Å². The van der Waals surface area contributed by atoms with Gasteiger partial charge in [-0.1, -0.05) is 6.08 Å². The van der Waals surface area contributed by atoms with Crippen LogP contribution in [0.4, 0.5) is 4.39 Å². The Morgan fingerprint density at radius 2 is 2.29 bits per heavy atom. The molecule has 1 amide bonds. The van der Waals surface area contributed by atoms with Gasteiger partial charge in [0.25, 0.3) is 5.91 Å². The van der Waals surface area contributed by atoms with Gasteiger partial charge in [-0.15, -0.1) is 19.2 Å². The lowest BCUT2D eigenvalue weighted by atomic mass is 10.2. The monoisotopic (exact) mass is 253 g/mol. The lowest BCUT2D eigenvalue weighted by Crippen LogP contribution is -2.28. The molecule has 0 heterocycles. The number of hydrogen-bond donors (Lipinski definition) is 1. The average Bonchev–Trinajstić information content (AvgIpc) is 2.31. The van der Waals surface area contributed by atoms with Crippen LogP contribution < -0.4 is 0 Å². The Balaban J connectivity index is 2.74. The first-order chi connectivity index (χ1) is 8.06. The fourth-order valence-corrected chi connectivity index (χ4v) is 1.66. The Morgan fingerprint density at radius 1 is 1.59 bits per heavy atom. The average molecular weight is 253 g/mol. The quantitative estimate of drug-likeness (QED) is 0.485. The summed E-state index contributed by atoms with van der Waals surface area (Å²) in [6.45, 7) is 4.20. The van der Waals surface area contributed by atoms with Crippen LogP contribution in [0, 0.1) is 5.82 Å². The Hall–Kier alpha value is -1.29. The van der Waals surface area contributed by atoms with Crippen LogP contribution in [0.5, 0.6) is 0 Å². The molecule has 4 heteroatoms. The SMILES string of the molecule is C=CCCCN(C)C(=O)c1cc(S)ccc1F.